The summed E-state index contributed by atoms with van der Waals surface area (Å²) in [5, 5.41) is 0. The fraction of sp³-hybridized carbons (Fsp3) is 0.300. The molecule has 0 rings (SSSR count). The largest absolute Gasteiger partial charge is 0.272 e. The highest BCUT2D eigenvalue weighted by Gasteiger charge is 1.92. The van der Waals surface area contributed by atoms with E-state index in [0.717, 1.165) is 12.0 Å². The van der Waals surface area contributed by atoms with E-state index in [1.807, 2.05) is 13.0 Å². The molecule has 0 heterocycles. The zero-order valence-corrected chi connectivity index (χ0v) is 7.30. The van der Waals surface area contributed by atoms with Crippen LogP contribution >= 0.6 is 0 Å². The molecule has 0 aliphatic rings. The van der Waals surface area contributed by atoms with Crippen LogP contribution in [0.2, 0.25) is 0 Å². The van der Waals surface area contributed by atoms with Gasteiger partial charge in [0.2, 0.25) is 0 Å². The van der Waals surface area contributed by atoms with Crippen molar-refractivity contribution in [3.05, 3.63) is 36.1 Å². The van der Waals surface area contributed by atoms with Gasteiger partial charge < -0.3 is 0 Å². The smallest absolute Gasteiger partial charge is 0.0266 e. The first kappa shape index (κ1) is 9.89. The third-order valence-corrected chi connectivity index (χ3v) is 1.52. The van der Waals surface area contributed by atoms with Crippen LogP contribution in [0.4, 0.5) is 0 Å². The lowest BCUT2D eigenvalue weighted by molar-refractivity contribution is 1.12. The van der Waals surface area contributed by atoms with Gasteiger partial charge in [0.25, 0.3) is 0 Å². The molecule has 0 saturated heterocycles. The maximum Gasteiger partial charge on any atom is 0.0266 e. The Balaban J connectivity index is 4.23. The number of nitrogens with zero attached hydrogens (tertiary/aromatic N) is 1. The van der Waals surface area contributed by atoms with E-state index in [0.29, 0.717) is 0 Å². The second-order valence-electron chi connectivity index (χ2n) is 2.19. The van der Waals surface area contributed by atoms with Crippen LogP contribution < -0.4 is 0 Å². The van der Waals surface area contributed by atoms with Gasteiger partial charge >= 0.3 is 0 Å². The van der Waals surface area contributed by atoms with Gasteiger partial charge in [0, 0.05) is 6.20 Å². The minimum atomic E-state index is 1.01. The molecule has 0 amide bonds. The lowest BCUT2D eigenvalue weighted by Crippen LogP contribution is -1.81. The van der Waals surface area contributed by atoms with Crippen LogP contribution in [0.15, 0.2) is 41.1 Å². The normalized spacial score (nSPS) is 12.0. The average Bonchev–Trinajstić information content (AvgIpc) is 2.03. The quantitative estimate of drug-likeness (QED) is 0.430. The van der Waals surface area contributed by atoms with Crippen LogP contribution in [0.1, 0.15) is 20.3 Å². The number of hydrogen-bond acceptors (Lipinski definition) is 1. The highest BCUT2D eigenvalue weighted by atomic mass is 14.6. The lowest BCUT2D eigenvalue weighted by Gasteiger charge is -2.00. The van der Waals surface area contributed by atoms with Gasteiger partial charge in [0.1, 0.15) is 0 Å². The van der Waals surface area contributed by atoms with Gasteiger partial charge in [0.15, 0.2) is 0 Å². The van der Waals surface area contributed by atoms with Crippen molar-refractivity contribution in [1.82, 2.24) is 0 Å². The van der Waals surface area contributed by atoms with Crippen molar-refractivity contribution in [3.8, 4) is 0 Å². The van der Waals surface area contributed by atoms with Gasteiger partial charge in [0.05, 0.1) is 0 Å². The van der Waals surface area contributed by atoms with Crippen LogP contribution in [0.5, 0.6) is 0 Å². The van der Waals surface area contributed by atoms with Crippen LogP contribution in [0.25, 0.3) is 0 Å². The number of aliphatic imine (C=N–C) groups is 1. The van der Waals surface area contributed by atoms with Gasteiger partial charge in [-0.15, -0.1) is 0 Å². The van der Waals surface area contributed by atoms with Gasteiger partial charge in [-0.2, -0.15) is 0 Å². The van der Waals surface area contributed by atoms with Crippen molar-refractivity contribution in [2.45, 2.75) is 20.3 Å². The molecule has 0 fully saturated rings. The molecule has 60 valence electrons. The summed E-state index contributed by atoms with van der Waals surface area (Å²) in [4.78, 5) is 3.61. The van der Waals surface area contributed by atoms with Crippen molar-refractivity contribution < 1.29 is 0 Å². The number of hydrogen-bond donors (Lipinski definition) is 0. The minimum absolute atomic E-state index is 1.01. The standard InChI is InChI=1S/C10H15N/c1-5-10(6-2)9(3)7-8-11-4/h5,7-8H,3-4,6H2,1-2H3/b8-7-,10-5+. The Kier molecular flexibility index (Phi) is 5.09. The third-order valence-electron chi connectivity index (χ3n) is 1.52. The van der Waals surface area contributed by atoms with Crippen LogP contribution in [0.3, 0.4) is 0 Å². The van der Waals surface area contributed by atoms with E-state index < -0.39 is 0 Å². The van der Waals surface area contributed by atoms with Gasteiger partial charge in [-0.3, -0.25) is 4.99 Å². The molecule has 1 nitrogen and oxygen atoms in total. The predicted molar refractivity (Wildman–Crippen MR) is 51.9 cm³/mol. The molecule has 0 N–H and O–H groups in total. The molecule has 0 aromatic rings. The summed E-state index contributed by atoms with van der Waals surface area (Å²) < 4.78 is 0. The van der Waals surface area contributed by atoms with E-state index in [2.05, 4.69) is 31.3 Å². The summed E-state index contributed by atoms with van der Waals surface area (Å²) in [5.41, 5.74) is 2.27. The zero-order chi connectivity index (χ0) is 8.69. The maximum atomic E-state index is 3.89. The molecule has 1 heteroatoms. The van der Waals surface area contributed by atoms with Crippen LogP contribution in [-0.4, -0.2) is 6.72 Å². The average molecular weight is 149 g/mol. The monoisotopic (exact) mass is 149 g/mol. The molecule has 11 heavy (non-hydrogen) atoms. The highest BCUT2D eigenvalue weighted by Crippen LogP contribution is 2.12. The van der Waals surface area contributed by atoms with E-state index in [9.17, 15) is 0 Å². The fourth-order valence-corrected chi connectivity index (χ4v) is 0.866. The first-order valence-corrected chi connectivity index (χ1v) is 3.73. The Morgan fingerprint density at radius 1 is 1.55 bits per heavy atom. The van der Waals surface area contributed by atoms with Crippen molar-refractivity contribution in [3.63, 3.8) is 0 Å². The van der Waals surface area contributed by atoms with E-state index in [4.69, 9.17) is 0 Å². The first-order valence-electron chi connectivity index (χ1n) is 3.73. The molecule has 0 radical (unpaired) electrons. The zero-order valence-electron chi connectivity index (χ0n) is 7.30. The van der Waals surface area contributed by atoms with Gasteiger partial charge in [-0.25, -0.2) is 0 Å². The number of rotatable bonds is 4. The van der Waals surface area contributed by atoms with E-state index >= 15 is 0 Å². The van der Waals surface area contributed by atoms with Crippen molar-refractivity contribution >= 4 is 6.72 Å². The first-order chi connectivity index (χ1) is 5.26. The summed E-state index contributed by atoms with van der Waals surface area (Å²) >= 11 is 0. The molecule has 0 aromatic heterocycles. The summed E-state index contributed by atoms with van der Waals surface area (Å²) in [6.07, 6.45) is 6.60. The third kappa shape index (κ3) is 3.56. The summed E-state index contributed by atoms with van der Waals surface area (Å²) in [5.74, 6) is 0. The molecule has 0 atom stereocenters. The predicted octanol–water partition coefficient (Wildman–Crippen LogP) is 3.11. The van der Waals surface area contributed by atoms with E-state index in [1.165, 1.54) is 5.57 Å². The molecule has 0 unspecified atom stereocenters. The van der Waals surface area contributed by atoms with Crippen LogP contribution in [0, 0.1) is 0 Å². The van der Waals surface area contributed by atoms with Crippen LogP contribution in [-0.2, 0) is 0 Å². The summed E-state index contributed by atoms with van der Waals surface area (Å²) in [6, 6.07) is 0. The summed E-state index contributed by atoms with van der Waals surface area (Å²) in [7, 11) is 0. The Bertz CT molecular complexity index is 197. The molecule has 0 spiro atoms. The molecule has 0 saturated carbocycles. The maximum absolute atomic E-state index is 3.89. The topological polar surface area (TPSA) is 12.4 Å². The minimum Gasteiger partial charge on any atom is -0.272 e. The molecule has 0 aliphatic heterocycles. The fourth-order valence-electron chi connectivity index (χ4n) is 0.866. The Hall–Kier alpha value is -1.11. The molecular weight excluding hydrogens is 134 g/mol. The summed E-state index contributed by atoms with van der Waals surface area (Å²) in [6.45, 7) is 11.4. The second-order valence-corrected chi connectivity index (χ2v) is 2.19. The van der Waals surface area contributed by atoms with Crippen molar-refractivity contribution in [1.29, 1.82) is 0 Å². The molecule has 0 aliphatic carbocycles. The highest BCUT2D eigenvalue weighted by molar-refractivity contribution is 5.37. The molecule has 0 bridgehead atoms. The van der Waals surface area contributed by atoms with Crippen molar-refractivity contribution in [2.75, 3.05) is 0 Å². The number of allylic oxidation sites excluding steroid dienone is 4. The van der Waals surface area contributed by atoms with Crippen molar-refractivity contribution in [2.24, 2.45) is 4.99 Å². The molecule has 0 aromatic carbocycles. The Labute approximate surface area is 68.9 Å². The van der Waals surface area contributed by atoms with E-state index in [1.54, 1.807) is 6.20 Å². The van der Waals surface area contributed by atoms with Gasteiger partial charge in [-0.1, -0.05) is 19.6 Å². The van der Waals surface area contributed by atoms with Gasteiger partial charge in [-0.05, 0) is 37.3 Å². The van der Waals surface area contributed by atoms with E-state index in [-0.39, 0.29) is 0 Å². The molecular formula is C10H15N. The lowest BCUT2D eigenvalue weighted by atomic mass is 10.1. The second kappa shape index (κ2) is 5.66. The Morgan fingerprint density at radius 2 is 2.18 bits per heavy atom. The Morgan fingerprint density at radius 3 is 2.55 bits per heavy atom. The SMILES string of the molecule is C=N/C=C\C(=C)/C(=C/C)CC.